The Kier molecular flexibility index (Phi) is 6.23. The second kappa shape index (κ2) is 9.10. The normalized spacial score (nSPS) is 13.3. The van der Waals surface area contributed by atoms with Crippen LogP contribution in [-0.2, 0) is 17.8 Å². The van der Waals surface area contributed by atoms with Crippen LogP contribution in [0.4, 0.5) is 36.4 Å². The van der Waals surface area contributed by atoms with Crippen molar-refractivity contribution in [2.24, 2.45) is 0 Å². The highest BCUT2D eigenvalue weighted by Crippen LogP contribution is 2.30. The van der Waals surface area contributed by atoms with Crippen LogP contribution in [0.3, 0.4) is 0 Å². The summed E-state index contributed by atoms with van der Waals surface area (Å²) in [7, 11) is 0. The van der Waals surface area contributed by atoms with Gasteiger partial charge >= 0.3 is 6.36 Å². The molecule has 2 N–H and O–H groups in total. The second-order valence-electron chi connectivity index (χ2n) is 7.26. The number of anilines is 4. The molecule has 12 heteroatoms. The maximum absolute atomic E-state index is 12.5. The molecule has 0 saturated carbocycles. The van der Waals surface area contributed by atoms with Crippen LogP contribution in [-0.4, -0.2) is 33.8 Å². The maximum atomic E-state index is 12.5. The minimum absolute atomic E-state index is 0.233. The van der Waals surface area contributed by atoms with Gasteiger partial charge in [-0.1, -0.05) is 17.7 Å². The molecule has 3 aromatic rings. The number of amides is 1. The Bertz CT molecular complexity index is 1190. The zero-order valence-electron chi connectivity index (χ0n) is 17.3. The lowest BCUT2D eigenvalue weighted by Crippen LogP contribution is -2.32. The van der Waals surface area contributed by atoms with Crippen molar-refractivity contribution in [1.82, 2.24) is 15.0 Å². The maximum Gasteiger partial charge on any atom is 0.573 e. The van der Waals surface area contributed by atoms with Gasteiger partial charge in [0.05, 0.1) is 10.7 Å². The molecule has 0 fully saturated rings. The van der Waals surface area contributed by atoms with Crippen LogP contribution in [0.2, 0.25) is 5.02 Å². The standard InChI is InChI=1S/C21H18ClF3N6O2/c1-12(32)28-18-9-15(3-5-17(18)22)29-19-26-11-27-20(30-19)31-7-6-13-8-16(33-21(23,24)25)4-2-14(13)10-31/h2-5,8-9,11H,6-7,10H2,1H3,(H,28,32)(H,26,27,29,30). The van der Waals surface area contributed by atoms with Gasteiger partial charge in [0.2, 0.25) is 17.8 Å². The zero-order chi connectivity index (χ0) is 23.6. The quantitative estimate of drug-likeness (QED) is 0.549. The number of nitrogens with zero attached hydrogens (tertiary/aromatic N) is 4. The monoisotopic (exact) mass is 478 g/mol. The summed E-state index contributed by atoms with van der Waals surface area (Å²) in [6, 6.07) is 9.33. The molecule has 0 saturated heterocycles. The van der Waals surface area contributed by atoms with Gasteiger partial charge in [0.25, 0.3) is 0 Å². The van der Waals surface area contributed by atoms with Crippen molar-refractivity contribution in [3.05, 3.63) is 58.9 Å². The Balaban J connectivity index is 1.48. The van der Waals surface area contributed by atoms with Crippen molar-refractivity contribution in [3.8, 4) is 5.75 Å². The highest BCUT2D eigenvalue weighted by Gasteiger charge is 2.31. The van der Waals surface area contributed by atoms with Gasteiger partial charge in [0.1, 0.15) is 12.1 Å². The molecule has 0 unspecified atom stereocenters. The molecule has 0 spiro atoms. The van der Waals surface area contributed by atoms with Crippen LogP contribution in [0.1, 0.15) is 18.1 Å². The molecule has 172 valence electrons. The van der Waals surface area contributed by atoms with Crippen LogP contribution < -0.4 is 20.3 Å². The minimum atomic E-state index is -4.73. The fourth-order valence-corrected chi connectivity index (χ4v) is 3.58. The van der Waals surface area contributed by atoms with E-state index < -0.39 is 6.36 Å². The van der Waals surface area contributed by atoms with Gasteiger partial charge in [-0.15, -0.1) is 13.2 Å². The van der Waals surface area contributed by atoms with E-state index in [2.05, 4.69) is 30.3 Å². The molecule has 4 rings (SSSR count). The van der Waals surface area contributed by atoms with E-state index in [-0.39, 0.29) is 17.6 Å². The molecule has 0 radical (unpaired) electrons. The van der Waals surface area contributed by atoms with E-state index in [1.807, 2.05) is 4.90 Å². The Morgan fingerprint density at radius 1 is 1.15 bits per heavy atom. The first-order valence-electron chi connectivity index (χ1n) is 9.82. The van der Waals surface area contributed by atoms with Gasteiger partial charge in [-0.05, 0) is 47.9 Å². The Morgan fingerprint density at radius 3 is 2.73 bits per heavy atom. The molecule has 2 aromatic carbocycles. The number of ether oxygens (including phenoxy) is 1. The number of benzene rings is 2. The molecule has 0 bridgehead atoms. The average Bonchev–Trinajstić information content (AvgIpc) is 2.74. The van der Waals surface area contributed by atoms with Gasteiger partial charge in [0, 0.05) is 25.7 Å². The largest absolute Gasteiger partial charge is 0.573 e. The number of hydrogen-bond donors (Lipinski definition) is 2. The summed E-state index contributed by atoms with van der Waals surface area (Å²) in [6.45, 7) is 2.33. The summed E-state index contributed by atoms with van der Waals surface area (Å²) < 4.78 is 41.4. The van der Waals surface area contributed by atoms with Crippen molar-refractivity contribution >= 4 is 40.8 Å². The van der Waals surface area contributed by atoms with Gasteiger partial charge in [-0.25, -0.2) is 9.97 Å². The molecule has 1 aliphatic heterocycles. The number of halogens is 4. The van der Waals surface area contributed by atoms with E-state index in [4.69, 9.17) is 11.6 Å². The minimum Gasteiger partial charge on any atom is -0.406 e. The van der Waals surface area contributed by atoms with E-state index in [1.165, 1.54) is 25.4 Å². The molecule has 1 amide bonds. The van der Waals surface area contributed by atoms with Crippen molar-refractivity contribution in [1.29, 1.82) is 0 Å². The Hall–Kier alpha value is -3.60. The van der Waals surface area contributed by atoms with Gasteiger partial charge in [-0.2, -0.15) is 4.98 Å². The first-order chi connectivity index (χ1) is 15.7. The summed E-state index contributed by atoms with van der Waals surface area (Å²) in [5.41, 5.74) is 2.71. The Labute approximate surface area is 191 Å². The number of carbonyl (C=O) groups is 1. The highest BCUT2D eigenvalue weighted by atomic mass is 35.5. The number of fused-ring (bicyclic) bond motifs is 1. The smallest absolute Gasteiger partial charge is 0.406 e. The van der Waals surface area contributed by atoms with Crippen LogP contribution in [0.25, 0.3) is 0 Å². The summed E-state index contributed by atoms with van der Waals surface area (Å²) >= 11 is 6.10. The molecule has 1 aromatic heterocycles. The van der Waals surface area contributed by atoms with Crippen LogP contribution in [0.15, 0.2) is 42.7 Å². The van der Waals surface area contributed by atoms with E-state index in [0.717, 1.165) is 11.1 Å². The molecule has 2 heterocycles. The van der Waals surface area contributed by atoms with E-state index in [9.17, 15) is 18.0 Å². The third-order valence-corrected chi connectivity index (χ3v) is 5.13. The number of hydrogen-bond acceptors (Lipinski definition) is 7. The second-order valence-corrected chi connectivity index (χ2v) is 7.67. The van der Waals surface area contributed by atoms with Crippen molar-refractivity contribution < 1.29 is 22.7 Å². The summed E-state index contributed by atoms with van der Waals surface area (Å²) in [4.78, 5) is 26.0. The SMILES string of the molecule is CC(=O)Nc1cc(Nc2ncnc(N3CCc4cc(OC(F)(F)F)ccc4C3)n2)ccc1Cl. The number of alkyl halides is 3. The molecule has 8 nitrogen and oxygen atoms in total. The average molecular weight is 479 g/mol. The number of carbonyl (C=O) groups excluding carboxylic acids is 1. The lowest BCUT2D eigenvalue weighted by molar-refractivity contribution is -0.274. The fourth-order valence-electron chi connectivity index (χ4n) is 3.41. The van der Waals surface area contributed by atoms with Gasteiger partial charge in [0.15, 0.2) is 0 Å². The lowest BCUT2D eigenvalue weighted by atomic mass is 10.00. The highest BCUT2D eigenvalue weighted by molar-refractivity contribution is 6.33. The van der Waals surface area contributed by atoms with E-state index >= 15 is 0 Å². The van der Waals surface area contributed by atoms with Crippen LogP contribution in [0.5, 0.6) is 5.75 Å². The number of aromatic nitrogens is 3. The molecule has 1 aliphatic rings. The van der Waals surface area contributed by atoms with Crippen LogP contribution >= 0.6 is 11.6 Å². The lowest BCUT2D eigenvalue weighted by Gasteiger charge is -2.29. The predicted molar refractivity (Wildman–Crippen MR) is 117 cm³/mol. The first-order valence-corrected chi connectivity index (χ1v) is 10.2. The molecular weight excluding hydrogens is 461 g/mol. The zero-order valence-corrected chi connectivity index (χ0v) is 18.0. The predicted octanol–water partition coefficient (Wildman–Crippen LogP) is 4.69. The van der Waals surface area contributed by atoms with E-state index in [0.29, 0.717) is 41.9 Å². The topological polar surface area (TPSA) is 92.3 Å². The third kappa shape index (κ3) is 5.80. The third-order valence-electron chi connectivity index (χ3n) is 4.80. The molecule has 0 aliphatic carbocycles. The fraction of sp³-hybridized carbons (Fsp3) is 0.238. The van der Waals surface area contributed by atoms with E-state index in [1.54, 1.807) is 24.3 Å². The summed E-state index contributed by atoms with van der Waals surface area (Å²) in [5, 5.41) is 6.09. The molecule has 0 atom stereocenters. The van der Waals surface area contributed by atoms with Crippen LogP contribution in [0, 0.1) is 0 Å². The van der Waals surface area contributed by atoms with Crippen molar-refractivity contribution in [2.45, 2.75) is 26.3 Å². The van der Waals surface area contributed by atoms with Crippen molar-refractivity contribution in [3.63, 3.8) is 0 Å². The van der Waals surface area contributed by atoms with Gasteiger partial charge in [-0.3, -0.25) is 4.79 Å². The van der Waals surface area contributed by atoms with Crippen molar-refractivity contribution in [2.75, 3.05) is 22.1 Å². The van der Waals surface area contributed by atoms with Gasteiger partial charge < -0.3 is 20.3 Å². The number of nitrogens with one attached hydrogen (secondary N) is 2. The first kappa shape index (κ1) is 22.6. The Morgan fingerprint density at radius 2 is 1.97 bits per heavy atom. The summed E-state index contributed by atoms with van der Waals surface area (Å²) in [6.07, 6.45) is -2.85. The summed E-state index contributed by atoms with van der Waals surface area (Å²) in [5.74, 6) is 0.225. The molecular formula is C21H18ClF3N6O2. The number of rotatable bonds is 5. The molecule has 33 heavy (non-hydrogen) atoms.